The molecule has 2 aromatic rings. The van der Waals surface area contributed by atoms with E-state index in [4.69, 9.17) is 0 Å². The first-order valence-electron chi connectivity index (χ1n) is 7.80. The van der Waals surface area contributed by atoms with Gasteiger partial charge in [0.2, 0.25) is 0 Å². The second-order valence-electron chi connectivity index (χ2n) is 6.23. The van der Waals surface area contributed by atoms with Crippen molar-refractivity contribution in [2.75, 3.05) is 0 Å². The number of carbonyl (C=O) groups excluding carboxylic acids is 1. The molecule has 0 radical (unpaired) electrons. The highest BCUT2D eigenvalue weighted by molar-refractivity contribution is 7.92. The van der Waals surface area contributed by atoms with Gasteiger partial charge in [-0.25, -0.2) is 16.8 Å². The average molecular weight is 474 g/mol. The Labute approximate surface area is 167 Å². The van der Waals surface area contributed by atoms with E-state index in [1.54, 1.807) is 0 Å². The van der Waals surface area contributed by atoms with Gasteiger partial charge in [0.25, 0.3) is 19.7 Å². The highest BCUT2D eigenvalue weighted by atomic mass is 32.2. The molecule has 0 aliphatic rings. The summed E-state index contributed by atoms with van der Waals surface area (Å²) in [4.78, 5) is 9.81. The third kappa shape index (κ3) is 4.08. The van der Waals surface area contributed by atoms with Crippen LogP contribution in [0.2, 0.25) is 0 Å². The predicted molar refractivity (Wildman–Crippen MR) is 92.3 cm³/mol. The van der Waals surface area contributed by atoms with E-state index in [0.717, 1.165) is 12.1 Å². The summed E-state index contributed by atoms with van der Waals surface area (Å²) in [6.45, 7) is 2.46. The topological polar surface area (TPSA) is 85.3 Å². The predicted octanol–water partition coefficient (Wildman–Crippen LogP) is 4.12. The molecule has 0 aromatic heterocycles. The Hall–Kier alpha value is -2.41. The van der Waals surface area contributed by atoms with Gasteiger partial charge in [-0.1, -0.05) is 12.1 Å². The van der Waals surface area contributed by atoms with E-state index in [1.165, 1.54) is 13.8 Å². The lowest BCUT2D eigenvalue weighted by atomic mass is 10.0. The zero-order valence-corrected chi connectivity index (χ0v) is 16.7. The Morgan fingerprint density at radius 2 is 0.967 bits per heavy atom. The summed E-state index contributed by atoms with van der Waals surface area (Å²) in [5, 5.41) is 0. The molecule has 0 fully saturated rings. The number of hydrogen-bond acceptors (Lipinski definition) is 5. The maximum absolute atomic E-state index is 13.0. The molecule has 0 N–H and O–H groups in total. The molecule has 13 heteroatoms. The van der Waals surface area contributed by atoms with Crippen LogP contribution in [0.1, 0.15) is 27.0 Å². The summed E-state index contributed by atoms with van der Waals surface area (Å²) in [7, 11) is -12.1. The van der Waals surface area contributed by atoms with Crippen LogP contribution >= 0.6 is 0 Å². The molecule has 164 valence electrons. The number of aryl methyl sites for hydroxylation is 2. The van der Waals surface area contributed by atoms with E-state index in [2.05, 4.69) is 0 Å². The van der Waals surface area contributed by atoms with Crippen LogP contribution < -0.4 is 0 Å². The first-order valence-corrected chi connectivity index (χ1v) is 10.8. The van der Waals surface area contributed by atoms with E-state index < -0.39 is 57.4 Å². The molecule has 0 bridgehead atoms. The van der Waals surface area contributed by atoms with Crippen LogP contribution in [0.25, 0.3) is 0 Å². The van der Waals surface area contributed by atoms with Crippen molar-refractivity contribution in [3.63, 3.8) is 0 Å². The number of ketones is 1. The molecule has 0 saturated carbocycles. The minimum atomic E-state index is -6.06. The molecular weight excluding hydrogens is 462 g/mol. The Morgan fingerprint density at radius 1 is 0.667 bits per heavy atom. The zero-order chi connectivity index (χ0) is 23.3. The summed E-state index contributed by atoms with van der Waals surface area (Å²) in [6, 6.07) is 4.55. The first-order chi connectivity index (χ1) is 13.4. The first kappa shape index (κ1) is 23.9. The Balaban J connectivity index is 2.86. The minimum Gasteiger partial charge on any atom is -0.289 e. The highest BCUT2D eigenvalue weighted by Gasteiger charge is 2.50. The fraction of sp³-hybridized carbons (Fsp3) is 0.235. The fourth-order valence-corrected chi connectivity index (χ4v) is 4.55. The number of alkyl halides is 6. The molecule has 0 saturated heterocycles. The van der Waals surface area contributed by atoms with E-state index in [1.807, 2.05) is 0 Å². The molecule has 0 amide bonds. The van der Waals surface area contributed by atoms with Crippen LogP contribution in [0.4, 0.5) is 26.3 Å². The van der Waals surface area contributed by atoms with Gasteiger partial charge >= 0.3 is 11.0 Å². The van der Waals surface area contributed by atoms with Crippen LogP contribution in [0, 0.1) is 13.8 Å². The second kappa shape index (κ2) is 7.38. The highest BCUT2D eigenvalue weighted by Crippen LogP contribution is 2.36. The lowest BCUT2D eigenvalue weighted by Crippen LogP contribution is -2.27. The Kier molecular flexibility index (Phi) is 5.87. The number of benzene rings is 2. The van der Waals surface area contributed by atoms with Crippen molar-refractivity contribution in [3.8, 4) is 0 Å². The summed E-state index contributed by atoms with van der Waals surface area (Å²) >= 11 is 0. The van der Waals surface area contributed by atoms with E-state index >= 15 is 0 Å². The van der Waals surface area contributed by atoms with E-state index in [-0.39, 0.29) is 11.1 Å². The maximum atomic E-state index is 13.0. The Morgan fingerprint density at radius 3 is 1.23 bits per heavy atom. The molecule has 30 heavy (non-hydrogen) atoms. The average Bonchev–Trinajstić information content (AvgIpc) is 2.59. The molecule has 2 aromatic carbocycles. The molecular formula is C17H12F6O5S2. The van der Waals surface area contributed by atoms with Crippen molar-refractivity contribution in [2.24, 2.45) is 0 Å². The van der Waals surface area contributed by atoms with Gasteiger partial charge in [-0.3, -0.25) is 4.79 Å². The van der Waals surface area contributed by atoms with E-state index in [0.29, 0.717) is 24.3 Å². The van der Waals surface area contributed by atoms with Gasteiger partial charge in [0, 0.05) is 11.1 Å². The van der Waals surface area contributed by atoms with Gasteiger partial charge in [0.1, 0.15) is 0 Å². The van der Waals surface area contributed by atoms with Crippen molar-refractivity contribution in [3.05, 3.63) is 58.7 Å². The lowest BCUT2D eigenvalue weighted by Gasteiger charge is -2.16. The minimum absolute atomic E-state index is 0.0152. The standard InChI is InChI=1S/C17H12F6O5S2/c1-9-3-5-11(13(7-9)29(25,26)16(18,19)20)15(24)12-6-4-10(2)8-14(12)30(27,28)17(21,22)23/h3-8H,1-2H3. The molecule has 0 aliphatic carbocycles. The van der Waals surface area contributed by atoms with Gasteiger partial charge in [-0.2, -0.15) is 26.3 Å². The third-order valence-corrected chi connectivity index (χ3v) is 7.00. The molecule has 0 heterocycles. The van der Waals surface area contributed by atoms with Gasteiger partial charge < -0.3 is 0 Å². The Bertz CT molecular complexity index is 1130. The summed E-state index contributed by atoms with van der Waals surface area (Å²) in [5.74, 6) is -1.62. The third-order valence-electron chi connectivity index (χ3n) is 3.95. The molecule has 0 spiro atoms. The van der Waals surface area contributed by atoms with Crippen LogP contribution in [-0.4, -0.2) is 33.6 Å². The largest absolute Gasteiger partial charge is 0.501 e. The van der Waals surface area contributed by atoms with E-state index in [9.17, 15) is 48.0 Å². The molecule has 2 rings (SSSR count). The second-order valence-corrected chi connectivity index (χ2v) is 10.0. The summed E-state index contributed by atoms with van der Waals surface area (Å²) in [6.07, 6.45) is 0. The van der Waals surface area contributed by atoms with Crippen molar-refractivity contribution >= 4 is 25.5 Å². The lowest BCUT2D eigenvalue weighted by molar-refractivity contribution is -0.0441. The number of hydrogen-bond donors (Lipinski definition) is 0. The van der Waals surface area contributed by atoms with Crippen molar-refractivity contribution in [2.45, 2.75) is 34.7 Å². The maximum Gasteiger partial charge on any atom is 0.501 e. The SMILES string of the molecule is Cc1ccc(C(=O)c2ccc(C)cc2S(=O)(=O)C(F)(F)F)c(S(=O)(=O)C(F)(F)F)c1. The molecule has 5 nitrogen and oxygen atoms in total. The number of sulfone groups is 2. The van der Waals surface area contributed by atoms with Crippen LogP contribution in [0.15, 0.2) is 46.2 Å². The van der Waals surface area contributed by atoms with Gasteiger partial charge in [0.05, 0.1) is 9.79 Å². The van der Waals surface area contributed by atoms with Crippen molar-refractivity contribution < 1.29 is 48.0 Å². The summed E-state index contributed by atoms with van der Waals surface area (Å²) in [5.41, 5.74) is -13.8. The number of rotatable bonds is 4. The molecule has 0 aliphatic heterocycles. The van der Waals surface area contributed by atoms with Crippen LogP contribution in [-0.2, 0) is 19.7 Å². The number of halogens is 6. The zero-order valence-electron chi connectivity index (χ0n) is 15.1. The fourth-order valence-electron chi connectivity index (χ4n) is 2.47. The van der Waals surface area contributed by atoms with Crippen molar-refractivity contribution in [1.82, 2.24) is 0 Å². The van der Waals surface area contributed by atoms with Gasteiger partial charge in [-0.15, -0.1) is 0 Å². The smallest absolute Gasteiger partial charge is 0.289 e. The molecule has 0 unspecified atom stereocenters. The normalized spacial score (nSPS) is 13.3. The number of carbonyl (C=O) groups is 1. The summed E-state index contributed by atoms with van der Waals surface area (Å²) < 4.78 is 126. The van der Waals surface area contributed by atoms with Gasteiger partial charge in [-0.05, 0) is 49.2 Å². The molecule has 0 atom stereocenters. The van der Waals surface area contributed by atoms with Crippen LogP contribution in [0.5, 0.6) is 0 Å². The van der Waals surface area contributed by atoms with Crippen molar-refractivity contribution in [1.29, 1.82) is 0 Å². The monoisotopic (exact) mass is 474 g/mol. The van der Waals surface area contributed by atoms with Crippen LogP contribution in [0.3, 0.4) is 0 Å². The quantitative estimate of drug-likeness (QED) is 0.492. The van der Waals surface area contributed by atoms with Gasteiger partial charge in [0.15, 0.2) is 5.78 Å².